The number of hydrogen-bond acceptors (Lipinski definition) is 5. The third kappa shape index (κ3) is 4.18. The largest absolute Gasteiger partial charge is 0.484 e. The second-order valence-corrected chi connectivity index (χ2v) is 5.78. The fraction of sp³-hybridized carbons (Fsp3) is 0.200. The van der Waals surface area contributed by atoms with Gasteiger partial charge < -0.3 is 14.5 Å². The number of oxazole rings is 1. The summed E-state index contributed by atoms with van der Waals surface area (Å²) in [6.07, 6.45) is 0. The van der Waals surface area contributed by atoms with Gasteiger partial charge in [-0.05, 0) is 31.5 Å². The van der Waals surface area contributed by atoms with Gasteiger partial charge in [-0.2, -0.15) is 10.2 Å². The second kappa shape index (κ2) is 7.54. The van der Waals surface area contributed by atoms with Crippen LogP contribution in [0, 0.1) is 18.3 Å². The molecule has 0 aliphatic rings. The number of rotatable bonds is 6. The van der Waals surface area contributed by atoms with Gasteiger partial charge in [0.2, 0.25) is 17.5 Å². The quantitative estimate of drug-likeness (QED) is 0.713. The van der Waals surface area contributed by atoms with Crippen molar-refractivity contribution in [3.05, 3.63) is 77.3 Å². The molecule has 0 aliphatic carbocycles. The van der Waals surface area contributed by atoms with Crippen LogP contribution in [0.25, 0.3) is 0 Å². The van der Waals surface area contributed by atoms with E-state index in [0.29, 0.717) is 11.8 Å². The van der Waals surface area contributed by atoms with Crippen molar-refractivity contribution in [2.24, 2.45) is 0 Å². The number of nitriles is 1. The van der Waals surface area contributed by atoms with Crippen molar-refractivity contribution >= 4 is 5.88 Å². The van der Waals surface area contributed by atoms with Crippen LogP contribution in [0.1, 0.15) is 35.7 Å². The van der Waals surface area contributed by atoms with E-state index in [1.165, 1.54) is 0 Å². The van der Waals surface area contributed by atoms with Crippen molar-refractivity contribution in [2.75, 3.05) is 5.32 Å². The molecule has 1 heterocycles. The molecule has 0 saturated heterocycles. The molecule has 5 nitrogen and oxygen atoms in total. The molecule has 126 valence electrons. The first-order valence-electron chi connectivity index (χ1n) is 8.06. The molecule has 3 aromatic rings. The molecule has 0 fully saturated rings. The molecule has 5 heteroatoms. The van der Waals surface area contributed by atoms with Gasteiger partial charge in [-0.15, -0.1) is 0 Å². The summed E-state index contributed by atoms with van der Waals surface area (Å²) in [6, 6.07) is 19.7. The summed E-state index contributed by atoms with van der Waals surface area (Å²) in [4.78, 5) is 4.19. The first-order chi connectivity index (χ1) is 12.2. The van der Waals surface area contributed by atoms with Crippen LogP contribution in [0.15, 0.2) is 59.0 Å². The molecular weight excluding hydrogens is 314 g/mol. The van der Waals surface area contributed by atoms with Crippen LogP contribution in [0.5, 0.6) is 5.75 Å². The van der Waals surface area contributed by atoms with E-state index in [-0.39, 0.29) is 18.3 Å². The summed E-state index contributed by atoms with van der Waals surface area (Å²) < 4.78 is 11.3. The van der Waals surface area contributed by atoms with Gasteiger partial charge in [0.05, 0.1) is 6.04 Å². The summed E-state index contributed by atoms with van der Waals surface area (Å²) in [5.74, 6) is 1.45. The number of nitrogens with zero attached hydrogens (tertiary/aromatic N) is 2. The number of hydrogen-bond donors (Lipinski definition) is 1. The predicted molar refractivity (Wildman–Crippen MR) is 95.2 cm³/mol. The fourth-order valence-electron chi connectivity index (χ4n) is 2.40. The molecule has 1 N–H and O–H groups in total. The third-order valence-electron chi connectivity index (χ3n) is 3.81. The van der Waals surface area contributed by atoms with Crippen LogP contribution >= 0.6 is 0 Å². The summed E-state index contributed by atoms with van der Waals surface area (Å²) in [5, 5.41) is 12.5. The van der Waals surface area contributed by atoms with Gasteiger partial charge >= 0.3 is 0 Å². The van der Waals surface area contributed by atoms with E-state index in [1.54, 1.807) is 0 Å². The molecule has 0 saturated carbocycles. The second-order valence-electron chi connectivity index (χ2n) is 5.78. The Labute approximate surface area is 146 Å². The number of benzene rings is 2. The molecule has 0 aliphatic heterocycles. The van der Waals surface area contributed by atoms with E-state index in [4.69, 9.17) is 9.15 Å². The van der Waals surface area contributed by atoms with Gasteiger partial charge in [0.1, 0.15) is 11.8 Å². The SMILES string of the molecule is Cc1ccc(OCc2nc(C#N)c(NC(C)c3ccccc3)o2)cc1. The van der Waals surface area contributed by atoms with E-state index in [2.05, 4.69) is 16.4 Å². The average molecular weight is 333 g/mol. The highest BCUT2D eigenvalue weighted by molar-refractivity contribution is 5.47. The highest BCUT2D eigenvalue weighted by Crippen LogP contribution is 2.24. The summed E-state index contributed by atoms with van der Waals surface area (Å²) in [5.41, 5.74) is 2.49. The molecule has 0 amide bonds. The van der Waals surface area contributed by atoms with Crippen LogP contribution in [-0.4, -0.2) is 4.98 Å². The molecule has 1 aromatic heterocycles. The van der Waals surface area contributed by atoms with E-state index < -0.39 is 0 Å². The highest BCUT2D eigenvalue weighted by atomic mass is 16.5. The van der Waals surface area contributed by atoms with Gasteiger partial charge in [-0.3, -0.25) is 0 Å². The number of ether oxygens (including phenoxy) is 1. The minimum atomic E-state index is -0.00730. The van der Waals surface area contributed by atoms with Crippen LogP contribution in [0.4, 0.5) is 5.88 Å². The first kappa shape index (κ1) is 16.6. The lowest BCUT2D eigenvalue weighted by Crippen LogP contribution is -2.06. The Morgan fingerprint density at radius 2 is 1.88 bits per heavy atom. The van der Waals surface area contributed by atoms with E-state index in [0.717, 1.165) is 16.9 Å². The molecule has 1 atom stereocenters. The summed E-state index contributed by atoms with van der Waals surface area (Å²) in [6.45, 7) is 4.18. The highest BCUT2D eigenvalue weighted by Gasteiger charge is 2.16. The van der Waals surface area contributed by atoms with Crippen molar-refractivity contribution in [3.8, 4) is 11.8 Å². The number of nitrogens with one attached hydrogen (secondary N) is 1. The average Bonchev–Trinajstić information content (AvgIpc) is 3.04. The van der Waals surface area contributed by atoms with Crippen molar-refractivity contribution in [2.45, 2.75) is 26.5 Å². The maximum absolute atomic E-state index is 9.28. The number of aromatic nitrogens is 1. The maximum atomic E-state index is 9.28. The van der Waals surface area contributed by atoms with E-state index in [9.17, 15) is 5.26 Å². The number of aryl methyl sites for hydroxylation is 1. The van der Waals surface area contributed by atoms with Gasteiger partial charge in [-0.25, -0.2) is 0 Å². The third-order valence-corrected chi connectivity index (χ3v) is 3.81. The van der Waals surface area contributed by atoms with Crippen molar-refractivity contribution in [1.29, 1.82) is 5.26 Å². The van der Waals surface area contributed by atoms with Crippen LogP contribution in [0.2, 0.25) is 0 Å². The van der Waals surface area contributed by atoms with Crippen molar-refractivity contribution in [3.63, 3.8) is 0 Å². The zero-order valence-electron chi connectivity index (χ0n) is 14.2. The first-order valence-corrected chi connectivity index (χ1v) is 8.06. The Bertz CT molecular complexity index is 864. The van der Waals surface area contributed by atoms with Gasteiger partial charge in [-0.1, -0.05) is 48.0 Å². The molecule has 25 heavy (non-hydrogen) atoms. The Morgan fingerprint density at radius 1 is 1.16 bits per heavy atom. The normalized spacial score (nSPS) is 11.6. The zero-order valence-corrected chi connectivity index (χ0v) is 14.2. The van der Waals surface area contributed by atoms with Crippen LogP contribution in [0.3, 0.4) is 0 Å². The molecule has 0 spiro atoms. The fourth-order valence-corrected chi connectivity index (χ4v) is 2.40. The molecule has 0 radical (unpaired) electrons. The maximum Gasteiger partial charge on any atom is 0.236 e. The molecule has 3 rings (SSSR count). The Morgan fingerprint density at radius 3 is 2.56 bits per heavy atom. The lowest BCUT2D eigenvalue weighted by atomic mass is 10.1. The van der Waals surface area contributed by atoms with E-state index in [1.807, 2.05) is 68.4 Å². The Kier molecular flexibility index (Phi) is 5.00. The van der Waals surface area contributed by atoms with Crippen LogP contribution in [-0.2, 0) is 6.61 Å². The standard InChI is InChI=1S/C20H19N3O2/c1-14-8-10-17(11-9-14)24-13-19-23-18(12-21)20(25-19)22-15(2)16-6-4-3-5-7-16/h3-11,15,22H,13H2,1-2H3. The van der Waals surface area contributed by atoms with E-state index >= 15 is 0 Å². The number of anilines is 1. The predicted octanol–water partition coefficient (Wildman–Crippen LogP) is 4.61. The lowest BCUT2D eigenvalue weighted by Gasteiger charge is -2.13. The smallest absolute Gasteiger partial charge is 0.236 e. The molecular formula is C20H19N3O2. The van der Waals surface area contributed by atoms with Crippen LogP contribution < -0.4 is 10.1 Å². The Balaban J connectivity index is 1.69. The Hall–Kier alpha value is -3.26. The summed E-state index contributed by atoms with van der Waals surface area (Å²) in [7, 11) is 0. The minimum absolute atomic E-state index is 0.00730. The van der Waals surface area contributed by atoms with Gasteiger partial charge in [0.15, 0.2) is 6.61 Å². The van der Waals surface area contributed by atoms with Gasteiger partial charge in [0, 0.05) is 0 Å². The summed E-state index contributed by atoms with van der Waals surface area (Å²) >= 11 is 0. The van der Waals surface area contributed by atoms with Gasteiger partial charge in [0.25, 0.3) is 0 Å². The van der Waals surface area contributed by atoms with Crippen molar-refractivity contribution in [1.82, 2.24) is 4.98 Å². The zero-order chi connectivity index (χ0) is 17.6. The topological polar surface area (TPSA) is 71.1 Å². The molecule has 1 unspecified atom stereocenters. The molecule has 2 aromatic carbocycles. The minimum Gasteiger partial charge on any atom is -0.484 e. The molecule has 0 bridgehead atoms. The van der Waals surface area contributed by atoms with Crippen molar-refractivity contribution < 1.29 is 9.15 Å². The lowest BCUT2D eigenvalue weighted by molar-refractivity contribution is 0.264. The monoisotopic (exact) mass is 333 g/mol.